The molecule has 0 atom stereocenters. The number of nitrogens with zero attached hydrogens (tertiary/aromatic N) is 3. The van der Waals surface area contributed by atoms with Crippen molar-refractivity contribution in [1.29, 1.82) is 0 Å². The Morgan fingerprint density at radius 2 is 2.07 bits per heavy atom. The zero-order valence-electron chi connectivity index (χ0n) is 14.0. The van der Waals surface area contributed by atoms with Gasteiger partial charge in [-0.05, 0) is 36.0 Å². The van der Waals surface area contributed by atoms with Crippen molar-refractivity contribution in [1.82, 2.24) is 9.47 Å². The smallest absolute Gasteiger partial charge is 0.325 e. The van der Waals surface area contributed by atoms with Gasteiger partial charge < -0.3 is 9.30 Å². The molecule has 9 nitrogen and oxygen atoms in total. The Balaban J connectivity index is 1.92. The zero-order valence-corrected chi connectivity index (χ0v) is 14.8. The van der Waals surface area contributed by atoms with Crippen LogP contribution in [-0.2, 0) is 14.3 Å². The normalized spacial score (nSPS) is 15.4. The Labute approximate surface area is 157 Å². The van der Waals surface area contributed by atoms with E-state index < -0.39 is 28.6 Å². The molecular formula is C17H13N3O6S. The molecule has 1 aromatic heterocycles. The third-order valence-electron chi connectivity index (χ3n) is 3.77. The largest absolute Gasteiger partial charge is 0.468 e. The Morgan fingerprint density at radius 1 is 1.30 bits per heavy atom. The summed E-state index contributed by atoms with van der Waals surface area (Å²) in [6.45, 7) is -0.454. The van der Waals surface area contributed by atoms with E-state index in [1.807, 2.05) is 0 Å². The molecule has 138 valence electrons. The van der Waals surface area contributed by atoms with Crippen LogP contribution in [0.1, 0.15) is 5.69 Å². The summed E-state index contributed by atoms with van der Waals surface area (Å²) >= 11 is 0.714. The van der Waals surface area contributed by atoms with Crippen molar-refractivity contribution in [2.24, 2.45) is 0 Å². The van der Waals surface area contributed by atoms with E-state index in [0.717, 1.165) is 4.90 Å². The molecule has 2 heterocycles. The van der Waals surface area contributed by atoms with Gasteiger partial charge in [0.1, 0.15) is 6.54 Å². The van der Waals surface area contributed by atoms with E-state index in [-0.39, 0.29) is 10.6 Å². The van der Waals surface area contributed by atoms with E-state index in [9.17, 15) is 24.5 Å². The van der Waals surface area contributed by atoms with Crippen molar-refractivity contribution in [3.63, 3.8) is 0 Å². The summed E-state index contributed by atoms with van der Waals surface area (Å²) < 4.78 is 6.14. The zero-order chi connectivity index (χ0) is 19.6. The Bertz CT molecular complexity index is 981. The molecule has 3 rings (SSSR count). The van der Waals surface area contributed by atoms with Crippen molar-refractivity contribution in [3.8, 4) is 5.69 Å². The van der Waals surface area contributed by atoms with Crippen LogP contribution in [0.5, 0.6) is 0 Å². The lowest BCUT2D eigenvalue weighted by molar-refractivity contribution is -0.384. The van der Waals surface area contributed by atoms with Gasteiger partial charge in [0.15, 0.2) is 0 Å². The highest BCUT2D eigenvalue weighted by atomic mass is 32.2. The van der Waals surface area contributed by atoms with Crippen molar-refractivity contribution >= 4 is 40.6 Å². The number of methoxy groups -OCH3 is 1. The van der Waals surface area contributed by atoms with Crippen LogP contribution in [0, 0.1) is 10.1 Å². The van der Waals surface area contributed by atoms with Gasteiger partial charge >= 0.3 is 5.97 Å². The number of carbonyl (C=O) groups is 3. The minimum Gasteiger partial charge on any atom is -0.468 e. The molecule has 1 aromatic carbocycles. The number of nitro benzene ring substituents is 1. The Hall–Kier alpha value is -3.40. The van der Waals surface area contributed by atoms with E-state index in [4.69, 9.17) is 0 Å². The fourth-order valence-electron chi connectivity index (χ4n) is 2.47. The van der Waals surface area contributed by atoms with Crippen LogP contribution in [0.2, 0.25) is 0 Å². The third-order valence-corrected chi connectivity index (χ3v) is 4.67. The lowest BCUT2D eigenvalue weighted by Gasteiger charge is -2.10. The second kappa shape index (κ2) is 7.46. The molecule has 1 aliphatic rings. The molecule has 0 N–H and O–H groups in total. The van der Waals surface area contributed by atoms with Gasteiger partial charge in [0.2, 0.25) is 0 Å². The van der Waals surface area contributed by atoms with Crippen LogP contribution in [-0.4, -0.2) is 45.2 Å². The number of benzene rings is 1. The number of hydrogen-bond donors (Lipinski definition) is 0. The number of non-ortho nitro benzene ring substituents is 1. The van der Waals surface area contributed by atoms with Gasteiger partial charge in [0.05, 0.1) is 22.6 Å². The summed E-state index contributed by atoms with van der Waals surface area (Å²) in [5.74, 6) is -1.29. The SMILES string of the molecule is COC(=O)CN1C(=O)SC(=Cc2cccn2-c2cccc([N+](=O)[O-])c2)C1=O. The molecule has 1 saturated heterocycles. The fraction of sp³-hybridized carbons (Fsp3) is 0.118. The topological polar surface area (TPSA) is 112 Å². The number of hydrogen-bond acceptors (Lipinski definition) is 7. The number of imide groups is 1. The van der Waals surface area contributed by atoms with Crippen molar-refractivity contribution in [2.75, 3.05) is 13.7 Å². The van der Waals surface area contributed by atoms with Crippen LogP contribution in [0.3, 0.4) is 0 Å². The first-order chi connectivity index (χ1) is 12.9. The fourth-order valence-corrected chi connectivity index (χ4v) is 3.29. The maximum atomic E-state index is 12.4. The third kappa shape index (κ3) is 3.75. The second-order valence-corrected chi connectivity index (χ2v) is 6.42. The molecule has 0 spiro atoms. The molecule has 0 bridgehead atoms. The van der Waals surface area contributed by atoms with Crippen LogP contribution < -0.4 is 0 Å². The van der Waals surface area contributed by atoms with Crippen molar-refractivity contribution in [3.05, 3.63) is 63.3 Å². The summed E-state index contributed by atoms with van der Waals surface area (Å²) in [7, 11) is 1.17. The monoisotopic (exact) mass is 387 g/mol. The van der Waals surface area contributed by atoms with Crippen molar-refractivity contribution < 1.29 is 24.0 Å². The standard InChI is InChI=1S/C17H13N3O6S/c1-26-15(21)10-19-16(22)14(27-17(19)23)9-12-6-3-7-18(12)11-4-2-5-13(8-11)20(24)25/h2-9H,10H2,1H3. The first-order valence-electron chi connectivity index (χ1n) is 7.65. The van der Waals surface area contributed by atoms with Gasteiger partial charge in [-0.15, -0.1) is 0 Å². The maximum absolute atomic E-state index is 12.4. The summed E-state index contributed by atoms with van der Waals surface area (Å²) in [5, 5.41) is 10.4. The highest BCUT2D eigenvalue weighted by Crippen LogP contribution is 2.32. The molecule has 0 saturated carbocycles. The van der Waals surface area contributed by atoms with E-state index in [1.54, 1.807) is 35.0 Å². The average molecular weight is 387 g/mol. The minimum absolute atomic E-state index is 0.0643. The van der Waals surface area contributed by atoms with Crippen molar-refractivity contribution in [2.45, 2.75) is 0 Å². The van der Waals surface area contributed by atoms with Crippen LogP contribution in [0.15, 0.2) is 47.5 Å². The average Bonchev–Trinajstić information content (AvgIpc) is 3.22. The number of nitro groups is 1. The summed E-state index contributed by atoms with van der Waals surface area (Å²) in [6.07, 6.45) is 3.19. The molecule has 2 amide bonds. The minimum atomic E-state index is -0.696. The quantitative estimate of drug-likeness (QED) is 0.335. The molecule has 1 fully saturated rings. The number of aromatic nitrogens is 1. The summed E-state index contributed by atoms with van der Waals surface area (Å²) in [6, 6.07) is 9.44. The van der Waals surface area contributed by atoms with E-state index in [2.05, 4.69) is 4.74 Å². The number of thioether (sulfide) groups is 1. The highest BCUT2D eigenvalue weighted by Gasteiger charge is 2.36. The summed E-state index contributed by atoms with van der Waals surface area (Å²) in [5.41, 5.74) is 1.03. The van der Waals surface area contributed by atoms with E-state index in [1.165, 1.54) is 25.3 Å². The highest BCUT2D eigenvalue weighted by molar-refractivity contribution is 8.18. The maximum Gasteiger partial charge on any atom is 0.325 e. The first-order valence-corrected chi connectivity index (χ1v) is 8.46. The summed E-state index contributed by atoms with van der Waals surface area (Å²) in [4.78, 5) is 47.2. The van der Waals surface area contributed by atoms with Gasteiger partial charge in [0, 0.05) is 24.0 Å². The predicted molar refractivity (Wildman–Crippen MR) is 97.1 cm³/mol. The number of carbonyl (C=O) groups excluding carboxylic acids is 3. The molecule has 10 heteroatoms. The van der Waals surface area contributed by atoms with Crippen LogP contribution >= 0.6 is 11.8 Å². The molecule has 2 aromatic rings. The lowest BCUT2D eigenvalue weighted by Crippen LogP contribution is -2.34. The van der Waals surface area contributed by atoms with Crippen LogP contribution in [0.4, 0.5) is 10.5 Å². The molecule has 27 heavy (non-hydrogen) atoms. The van der Waals surface area contributed by atoms with Crippen LogP contribution in [0.25, 0.3) is 11.8 Å². The van der Waals surface area contributed by atoms with Gasteiger partial charge in [0.25, 0.3) is 16.8 Å². The Kier molecular flexibility index (Phi) is 5.08. The number of amides is 2. The molecular weight excluding hydrogens is 374 g/mol. The van der Waals surface area contributed by atoms with Gasteiger partial charge in [-0.2, -0.15) is 0 Å². The second-order valence-electron chi connectivity index (χ2n) is 5.42. The van der Waals surface area contributed by atoms with Gasteiger partial charge in [-0.1, -0.05) is 6.07 Å². The molecule has 1 aliphatic heterocycles. The number of rotatable bonds is 5. The first kappa shape index (κ1) is 18.4. The number of ether oxygens (including phenoxy) is 1. The molecule has 0 aliphatic carbocycles. The predicted octanol–water partition coefficient (Wildman–Crippen LogP) is 2.59. The molecule has 0 radical (unpaired) electrons. The van der Waals surface area contributed by atoms with E-state index in [0.29, 0.717) is 23.1 Å². The lowest BCUT2D eigenvalue weighted by atomic mass is 10.2. The van der Waals surface area contributed by atoms with Gasteiger partial charge in [-0.3, -0.25) is 29.4 Å². The van der Waals surface area contributed by atoms with Gasteiger partial charge in [-0.25, -0.2) is 0 Å². The number of esters is 1. The Morgan fingerprint density at radius 3 is 2.78 bits per heavy atom. The molecule has 0 unspecified atom stereocenters. The van der Waals surface area contributed by atoms with E-state index >= 15 is 0 Å².